The molecule has 0 saturated carbocycles. The molecule has 0 heterocycles. The molecule has 0 unspecified atom stereocenters. The molecule has 0 aromatic heterocycles. The van der Waals surface area contributed by atoms with E-state index in [9.17, 15) is 14.7 Å². The zero-order chi connectivity index (χ0) is 25.4. The summed E-state index contributed by atoms with van der Waals surface area (Å²) in [6.45, 7) is 7.61. The van der Waals surface area contributed by atoms with E-state index in [4.69, 9.17) is 4.74 Å². The highest BCUT2D eigenvalue weighted by Crippen LogP contribution is 2.30. The van der Waals surface area contributed by atoms with Crippen LogP contribution in [0.4, 0.5) is 0 Å². The lowest BCUT2D eigenvalue weighted by Gasteiger charge is -2.25. The molecule has 0 aliphatic heterocycles. The van der Waals surface area contributed by atoms with E-state index in [1.165, 1.54) is 16.3 Å². The van der Waals surface area contributed by atoms with Gasteiger partial charge in [-0.25, -0.2) is 0 Å². The molecule has 0 spiro atoms. The quantitative estimate of drug-likeness (QED) is 0.290. The maximum Gasteiger partial charge on any atom is 0.309 e. The molecule has 2 atom stereocenters. The van der Waals surface area contributed by atoms with Gasteiger partial charge in [-0.2, -0.15) is 0 Å². The Balaban J connectivity index is 1.68. The SMILES string of the molecule is CCCC[C@@H](C[C@H](CCc1ccc(-c2cccc3ccccc23)cc1)C(=O)O)C(=O)OC(C)(C)C. The van der Waals surface area contributed by atoms with Gasteiger partial charge in [0.25, 0.3) is 0 Å². The van der Waals surface area contributed by atoms with Gasteiger partial charge in [-0.1, -0.05) is 86.5 Å². The van der Waals surface area contributed by atoms with Gasteiger partial charge in [0.1, 0.15) is 5.60 Å². The number of fused-ring (bicyclic) bond motifs is 1. The van der Waals surface area contributed by atoms with Crippen molar-refractivity contribution in [1.29, 1.82) is 0 Å². The van der Waals surface area contributed by atoms with E-state index in [0.717, 1.165) is 24.0 Å². The normalized spacial score (nSPS) is 13.4. The van der Waals surface area contributed by atoms with Crippen molar-refractivity contribution in [2.24, 2.45) is 11.8 Å². The Morgan fingerprint density at radius 1 is 0.886 bits per heavy atom. The topological polar surface area (TPSA) is 63.6 Å². The Hall–Kier alpha value is -3.14. The average molecular weight is 475 g/mol. The number of ether oxygens (including phenoxy) is 1. The second kappa shape index (κ2) is 12.0. The molecule has 186 valence electrons. The summed E-state index contributed by atoms with van der Waals surface area (Å²) in [5, 5.41) is 12.3. The predicted molar refractivity (Wildman–Crippen MR) is 142 cm³/mol. The van der Waals surface area contributed by atoms with Crippen LogP contribution in [0, 0.1) is 11.8 Å². The Kier molecular flexibility index (Phi) is 9.08. The van der Waals surface area contributed by atoms with Crippen molar-refractivity contribution in [3.8, 4) is 11.1 Å². The monoisotopic (exact) mass is 474 g/mol. The van der Waals surface area contributed by atoms with Crippen molar-refractivity contribution in [1.82, 2.24) is 0 Å². The molecule has 1 N–H and O–H groups in total. The highest BCUT2D eigenvalue weighted by atomic mass is 16.6. The van der Waals surface area contributed by atoms with Crippen LogP contribution in [-0.4, -0.2) is 22.6 Å². The molecule has 3 aromatic carbocycles. The molecule has 0 bridgehead atoms. The first-order valence-corrected chi connectivity index (χ1v) is 12.7. The van der Waals surface area contributed by atoms with Gasteiger partial charge in [0, 0.05) is 0 Å². The number of carbonyl (C=O) groups is 2. The average Bonchev–Trinajstić information content (AvgIpc) is 2.82. The molecule has 0 fully saturated rings. The summed E-state index contributed by atoms with van der Waals surface area (Å²) < 4.78 is 5.59. The largest absolute Gasteiger partial charge is 0.481 e. The van der Waals surface area contributed by atoms with Gasteiger partial charge in [-0.05, 0) is 73.9 Å². The summed E-state index contributed by atoms with van der Waals surface area (Å²) in [6.07, 6.45) is 3.97. The molecule has 0 aliphatic rings. The molecule has 35 heavy (non-hydrogen) atoms. The van der Waals surface area contributed by atoms with Gasteiger partial charge in [0.2, 0.25) is 0 Å². The van der Waals surface area contributed by atoms with Crippen LogP contribution >= 0.6 is 0 Å². The third-order valence-corrected chi connectivity index (χ3v) is 6.40. The maximum absolute atomic E-state index is 12.7. The standard InChI is InChI=1S/C31H38O4/c1-5-6-10-26(30(34)35-31(2,3)4)21-25(29(32)33)20-17-22-15-18-24(19-16-22)28-14-9-12-23-11-7-8-13-27(23)28/h7-9,11-16,18-19,25-26H,5-6,10,17,20-21H2,1-4H3,(H,32,33)/t25-,26-/m0/s1. The molecule has 0 amide bonds. The molecular weight excluding hydrogens is 436 g/mol. The van der Waals surface area contributed by atoms with Crippen molar-refractivity contribution in [2.45, 2.75) is 71.8 Å². The van der Waals surface area contributed by atoms with Crippen molar-refractivity contribution in [3.63, 3.8) is 0 Å². The summed E-state index contributed by atoms with van der Waals surface area (Å²) >= 11 is 0. The van der Waals surface area contributed by atoms with Gasteiger partial charge in [-0.15, -0.1) is 0 Å². The van der Waals surface area contributed by atoms with Gasteiger partial charge in [-0.3, -0.25) is 9.59 Å². The summed E-state index contributed by atoms with van der Waals surface area (Å²) in [4.78, 5) is 24.8. The van der Waals surface area contributed by atoms with E-state index < -0.39 is 17.5 Å². The smallest absolute Gasteiger partial charge is 0.309 e. The maximum atomic E-state index is 12.7. The van der Waals surface area contributed by atoms with Crippen molar-refractivity contribution in [2.75, 3.05) is 0 Å². The van der Waals surface area contributed by atoms with Crippen LogP contribution < -0.4 is 0 Å². The fraction of sp³-hybridized carbons (Fsp3) is 0.419. The first-order chi connectivity index (χ1) is 16.7. The fourth-order valence-corrected chi connectivity index (χ4v) is 4.52. The van der Waals surface area contributed by atoms with Crippen LogP contribution in [0.1, 0.15) is 65.4 Å². The number of aliphatic carboxylic acids is 1. The number of rotatable bonds is 11. The number of aryl methyl sites for hydroxylation is 1. The minimum absolute atomic E-state index is 0.281. The minimum Gasteiger partial charge on any atom is -0.481 e. The van der Waals surface area contributed by atoms with E-state index in [-0.39, 0.29) is 11.9 Å². The number of carboxylic acid groups (broad SMARTS) is 1. The van der Waals surface area contributed by atoms with Crippen LogP contribution in [0.2, 0.25) is 0 Å². The molecule has 4 nitrogen and oxygen atoms in total. The molecule has 3 aromatic rings. The Morgan fingerprint density at radius 2 is 1.57 bits per heavy atom. The highest BCUT2D eigenvalue weighted by molar-refractivity contribution is 5.96. The Bertz CT molecular complexity index is 1120. The Morgan fingerprint density at radius 3 is 2.23 bits per heavy atom. The molecule has 0 aliphatic carbocycles. The van der Waals surface area contributed by atoms with E-state index in [2.05, 4.69) is 67.6 Å². The highest BCUT2D eigenvalue weighted by Gasteiger charge is 2.30. The van der Waals surface area contributed by atoms with Gasteiger partial charge in [0.15, 0.2) is 0 Å². The first kappa shape index (κ1) is 26.5. The molecule has 4 heteroatoms. The molecule has 0 saturated heterocycles. The third kappa shape index (κ3) is 7.68. The second-order valence-electron chi connectivity index (χ2n) is 10.4. The lowest BCUT2D eigenvalue weighted by atomic mass is 9.86. The van der Waals surface area contributed by atoms with E-state index >= 15 is 0 Å². The van der Waals surface area contributed by atoms with Crippen molar-refractivity contribution >= 4 is 22.7 Å². The van der Waals surface area contributed by atoms with Crippen LogP contribution in [0.5, 0.6) is 0 Å². The number of unbranched alkanes of at least 4 members (excludes halogenated alkanes) is 1. The number of carbonyl (C=O) groups excluding carboxylic acids is 1. The van der Waals surface area contributed by atoms with Crippen molar-refractivity contribution in [3.05, 3.63) is 72.3 Å². The first-order valence-electron chi connectivity index (χ1n) is 12.7. The summed E-state index contributed by atoms with van der Waals surface area (Å²) in [5.74, 6) is -2.09. The van der Waals surface area contributed by atoms with E-state index in [0.29, 0.717) is 25.7 Å². The fourth-order valence-electron chi connectivity index (χ4n) is 4.52. The summed E-state index contributed by atoms with van der Waals surface area (Å²) in [7, 11) is 0. The van der Waals surface area contributed by atoms with E-state index in [1.807, 2.05) is 26.8 Å². The molecule has 0 radical (unpaired) electrons. The van der Waals surface area contributed by atoms with Gasteiger partial charge < -0.3 is 9.84 Å². The number of hydrogen-bond donors (Lipinski definition) is 1. The van der Waals surface area contributed by atoms with Gasteiger partial charge in [0.05, 0.1) is 11.8 Å². The lowest BCUT2D eigenvalue weighted by Crippen LogP contribution is -2.31. The number of carboxylic acids is 1. The summed E-state index contributed by atoms with van der Waals surface area (Å²) in [6, 6.07) is 23.0. The van der Waals surface area contributed by atoms with Gasteiger partial charge >= 0.3 is 11.9 Å². The molecule has 3 rings (SSSR count). The third-order valence-electron chi connectivity index (χ3n) is 6.40. The number of esters is 1. The summed E-state index contributed by atoms with van der Waals surface area (Å²) in [5.41, 5.74) is 2.85. The van der Waals surface area contributed by atoms with Crippen LogP contribution in [-0.2, 0) is 20.7 Å². The van der Waals surface area contributed by atoms with Crippen LogP contribution in [0.3, 0.4) is 0 Å². The van der Waals surface area contributed by atoms with Crippen LogP contribution in [0.25, 0.3) is 21.9 Å². The lowest BCUT2D eigenvalue weighted by molar-refractivity contribution is -0.161. The zero-order valence-electron chi connectivity index (χ0n) is 21.4. The minimum atomic E-state index is -0.845. The van der Waals surface area contributed by atoms with Crippen LogP contribution in [0.15, 0.2) is 66.7 Å². The molecular formula is C31H38O4. The number of hydrogen-bond acceptors (Lipinski definition) is 3. The second-order valence-corrected chi connectivity index (χ2v) is 10.4. The zero-order valence-corrected chi connectivity index (χ0v) is 21.4. The Labute approximate surface area is 209 Å². The predicted octanol–water partition coefficient (Wildman–Crippen LogP) is 7.68. The number of benzene rings is 3. The van der Waals surface area contributed by atoms with E-state index in [1.54, 1.807) is 0 Å². The van der Waals surface area contributed by atoms with Crippen molar-refractivity contribution < 1.29 is 19.4 Å².